The van der Waals surface area contributed by atoms with Gasteiger partial charge in [-0.15, -0.1) is 0 Å². The number of hydrogen-bond donors (Lipinski definition) is 0. The minimum Gasteiger partial charge on any atom is -0.322 e. The summed E-state index contributed by atoms with van der Waals surface area (Å²) in [5.41, 5.74) is 2.93. The number of imidazole rings is 1. The van der Waals surface area contributed by atoms with Crippen molar-refractivity contribution in [2.45, 2.75) is 17.3 Å². The summed E-state index contributed by atoms with van der Waals surface area (Å²) in [5.74, 6) is 0.0632. The van der Waals surface area contributed by atoms with Crippen LogP contribution in [0.4, 0.5) is 5.69 Å². The first kappa shape index (κ1) is 15.6. The number of aryl methyl sites for hydroxylation is 1. The van der Waals surface area contributed by atoms with Crippen molar-refractivity contribution in [3.8, 4) is 0 Å². The standard InChI is InChI=1S/C18H19N3OS/c1-13(17(22)20(2)14-9-5-4-6-10-14)23-18-19-15-11-7-8-12-16(15)21(18)3/h4-13H,1-3H3/t13-/m1/s1. The van der Waals surface area contributed by atoms with Gasteiger partial charge in [0.2, 0.25) is 5.91 Å². The lowest BCUT2D eigenvalue weighted by Crippen LogP contribution is -2.33. The lowest BCUT2D eigenvalue weighted by Gasteiger charge is -2.21. The monoisotopic (exact) mass is 325 g/mol. The maximum Gasteiger partial charge on any atom is 0.240 e. The van der Waals surface area contributed by atoms with Crippen molar-refractivity contribution in [2.24, 2.45) is 7.05 Å². The van der Waals surface area contributed by atoms with Gasteiger partial charge >= 0.3 is 0 Å². The number of nitrogens with zero attached hydrogens (tertiary/aromatic N) is 3. The smallest absolute Gasteiger partial charge is 0.240 e. The van der Waals surface area contributed by atoms with E-state index >= 15 is 0 Å². The first-order chi connectivity index (χ1) is 11.1. The summed E-state index contributed by atoms with van der Waals surface area (Å²) in [6, 6.07) is 17.7. The molecular formula is C18H19N3OS. The number of fused-ring (bicyclic) bond motifs is 1. The summed E-state index contributed by atoms with van der Waals surface area (Å²) in [7, 11) is 3.79. The fraction of sp³-hybridized carbons (Fsp3) is 0.222. The molecule has 3 aromatic rings. The van der Waals surface area contributed by atoms with Gasteiger partial charge in [-0.25, -0.2) is 4.98 Å². The summed E-state index contributed by atoms with van der Waals surface area (Å²) in [5, 5.41) is 0.643. The zero-order valence-electron chi connectivity index (χ0n) is 13.4. The second-order valence-electron chi connectivity index (χ2n) is 5.43. The van der Waals surface area contributed by atoms with E-state index in [4.69, 9.17) is 0 Å². The molecule has 0 N–H and O–H groups in total. The Balaban J connectivity index is 1.79. The maximum absolute atomic E-state index is 12.6. The molecule has 0 saturated heterocycles. The molecule has 4 nitrogen and oxygen atoms in total. The van der Waals surface area contributed by atoms with Crippen molar-refractivity contribution < 1.29 is 4.79 Å². The molecule has 23 heavy (non-hydrogen) atoms. The molecule has 0 aliphatic carbocycles. The molecular weight excluding hydrogens is 306 g/mol. The van der Waals surface area contributed by atoms with Gasteiger partial charge in [0.1, 0.15) is 0 Å². The third-order valence-electron chi connectivity index (χ3n) is 3.85. The van der Waals surface area contributed by atoms with E-state index in [1.165, 1.54) is 11.8 Å². The first-order valence-electron chi connectivity index (χ1n) is 7.48. The number of hydrogen-bond acceptors (Lipinski definition) is 3. The normalized spacial score (nSPS) is 12.3. The Morgan fingerprint density at radius 2 is 1.78 bits per heavy atom. The lowest BCUT2D eigenvalue weighted by molar-refractivity contribution is -0.117. The van der Waals surface area contributed by atoms with E-state index in [2.05, 4.69) is 4.98 Å². The van der Waals surface area contributed by atoms with Crippen LogP contribution in [0.1, 0.15) is 6.92 Å². The topological polar surface area (TPSA) is 38.1 Å². The predicted molar refractivity (Wildman–Crippen MR) is 95.9 cm³/mol. The minimum atomic E-state index is -0.212. The van der Waals surface area contributed by atoms with Crippen LogP contribution in [0.25, 0.3) is 11.0 Å². The first-order valence-corrected chi connectivity index (χ1v) is 8.36. The van der Waals surface area contributed by atoms with E-state index in [1.807, 2.05) is 80.2 Å². The molecule has 0 spiro atoms. The van der Waals surface area contributed by atoms with Gasteiger partial charge in [0.25, 0.3) is 0 Å². The van der Waals surface area contributed by atoms with Crippen LogP contribution in [-0.4, -0.2) is 27.8 Å². The van der Waals surface area contributed by atoms with Gasteiger partial charge in [0, 0.05) is 19.8 Å². The molecule has 0 saturated carbocycles. The number of anilines is 1. The number of aromatic nitrogens is 2. The highest BCUT2D eigenvalue weighted by Crippen LogP contribution is 2.27. The molecule has 0 radical (unpaired) electrons. The van der Waals surface area contributed by atoms with Gasteiger partial charge in [-0.2, -0.15) is 0 Å². The molecule has 0 fully saturated rings. The summed E-state index contributed by atoms with van der Waals surface area (Å²) < 4.78 is 2.03. The number of carbonyl (C=O) groups is 1. The number of thioether (sulfide) groups is 1. The van der Waals surface area contributed by atoms with Gasteiger partial charge in [-0.3, -0.25) is 4.79 Å². The summed E-state index contributed by atoms with van der Waals surface area (Å²) >= 11 is 1.49. The Morgan fingerprint density at radius 3 is 2.48 bits per heavy atom. The zero-order valence-corrected chi connectivity index (χ0v) is 14.2. The summed E-state index contributed by atoms with van der Waals surface area (Å²) in [4.78, 5) is 19.0. The number of benzene rings is 2. The molecule has 0 bridgehead atoms. The second kappa shape index (κ2) is 6.46. The van der Waals surface area contributed by atoms with Crippen LogP contribution in [0, 0.1) is 0 Å². The molecule has 1 heterocycles. The van der Waals surface area contributed by atoms with Crippen molar-refractivity contribution >= 4 is 34.4 Å². The number of para-hydroxylation sites is 3. The van der Waals surface area contributed by atoms with Crippen LogP contribution < -0.4 is 4.90 Å². The van der Waals surface area contributed by atoms with Crippen molar-refractivity contribution in [1.82, 2.24) is 9.55 Å². The van der Waals surface area contributed by atoms with Crippen LogP contribution in [-0.2, 0) is 11.8 Å². The molecule has 1 amide bonds. The van der Waals surface area contributed by atoms with Crippen LogP contribution in [0.15, 0.2) is 59.8 Å². The van der Waals surface area contributed by atoms with Crippen LogP contribution >= 0.6 is 11.8 Å². The quantitative estimate of drug-likeness (QED) is 0.686. The van der Waals surface area contributed by atoms with Crippen molar-refractivity contribution in [1.29, 1.82) is 0 Å². The third kappa shape index (κ3) is 3.10. The Morgan fingerprint density at radius 1 is 1.13 bits per heavy atom. The molecule has 118 valence electrons. The molecule has 1 atom stereocenters. The predicted octanol–water partition coefficient (Wildman–Crippen LogP) is 3.72. The average Bonchev–Trinajstić information content (AvgIpc) is 2.90. The van der Waals surface area contributed by atoms with Gasteiger partial charge in [-0.05, 0) is 31.2 Å². The van der Waals surface area contributed by atoms with E-state index in [0.29, 0.717) is 0 Å². The number of carbonyl (C=O) groups excluding carboxylic acids is 1. The molecule has 1 aromatic heterocycles. The summed E-state index contributed by atoms with van der Waals surface area (Å²) in [6.07, 6.45) is 0. The van der Waals surface area contributed by atoms with E-state index in [9.17, 15) is 4.79 Å². The molecule has 0 aliphatic heterocycles. The SMILES string of the molecule is C[C@@H](Sc1nc2ccccc2n1C)C(=O)N(C)c1ccccc1. The molecule has 5 heteroatoms. The van der Waals surface area contributed by atoms with E-state index in [-0.39, 0.29) is 11.2 Å². The Labute approximate surface area is 140 Å². The van der Waals surface area contributed by atoms with Gasteiger partial charge in [0.15, 0.2) is 5.16 Å². The molecule has 0 unspecified atom stereocenters. The third-order valence-corrected chi connectivity index (χ3v) is 4.98. The molecule has 3 rings (SSSR count). The fourth-order valence-corrected chi connectivity index (χ4v) is 3.47. The summed E-state index contributed by atoms with van der Waals surface area (Å²) in [6.45, 7) is 1.92. The Kier molecular flexibility index (Phi) is 4.39. The number of amides is 1. The molecule has 2 aromatic carbocycles. The number of rotatable bonds is 4. The maximum atomic E-state index is 12.6. The Bertz CT molecular complexity index is 829. The van der Waals surface area contributed by atoms with Crippen molar-refractivity contribution in [3.05, 3.63) is 54.6 Å². The Hall–Kier alpha value is -2.27. The zero-order chi connectivity index (χ0) is 16.4. The van der Waals surface area contributed by atoms with Crippen LogP contribution in [0.3, 0.4) is 0 Å². The average molecular weight is 325 g/mol. The van der Waals surface area contributed by atoms with Gasteiger partial charge < -0.3 is 9.47 Å². The highest BCUT2D eigenvalue weighted by molar-refractivity contribution is 8.00. The highest BCUT2D eigenvalue weighted by Gasteiger charge is 2.22. The van der Waals surface area contributed by atoms with E-state index in [0.717, 1.165) is 21.9 Å². The second-order valence-corrected chi connectivity index (χ2v) is 6.74. The van der Waals surface area contributed by atoms with Crippen LogP contribution in [0.5, 0.6) is 0 Å². The van der Waals surface area contributed by atoms with E-state index in [1.54, 1.807) is 4.90 Å². The van der Waals surface area contributed by atoms with Gasteiger partial charge in [0.05, 0.1) is 16.3 Å². The largest absolute Gasteiger partial charge is 0.322 e. The minimum absolute atomic E-state index is 0.0632. The van der Waals surface area contributed by atoms with Gasteiger partial charge in [-0.1, -0.05) is 42.1 Å². The molecule has 0 aliphatic rings. The van der Waals surface area contributed by atoms with Crippen molar-refractivity contribution in [3.63, 3.8) is 0 Å². The van der Waals surface area contributed by atoms with Crippen LogP contribution in [0.2, 0.25) is 0 Å². The van der Waals surface area contributed by atoms with Crippen molar-refractivity contribution in [2.75, 3.05) is 11.9 Å². The lowest BCUT2D eigenvalue weighted by atomic mass is 10.3. The van der Waals surface area contributed by atoms with E-state index < -0.39 is 0 Å². The highest BCUT2D eigenvalue weighted by atomic mass is 32.2. The fourth-order valence-electron chi connectivity index (χ4n) is 2.49.